The third kappa shape index (κ3) is 3.28. The fourth-order valence-corrected chi connectivity index (χ4v) is 2.84. The van der Waals surface area contributed by atoms with E-state index in [4.69, 9.17) is 4.74 Å². The summed E-state index contributed by atoms with van der Waals surface area (Å²) in [5.41, 5.74) is 2.83. The number of amides is 1. The van der Waals surface area contributed by atoms with Gasteiger partial charge >= 0.3 is 0 Å². The molecule has 1 aliphatic heterocycles. The largest absolute Gasteiger partial charge is 0.378 e. The van der Waals surface area contributed by atoms with Gasteiger partial charge in [-0.05, 0) is 29.7 Å². The summed E-state index contributed by atoms with van der Waals surface area (Å²) in [6.07, 6.45) is 0. The zero-order valence-corrected chi connectivity index (χ0v) is 13.4. The highest BCUT2D eigenvalue weighted by atomic mass is 16.6. The molecular formula is C18H18N2O4. The first kappa shape index (κ1) is 16.1. The highest BCUT2D eigenvalue weighted by Gasteiger charge is 2.22. The summed E-state index contributed by atoms with van der Waals surface area (Å²) in [6, 6.07) is 12.2. The zero-order valence-electron chi connectivity index (χ0n) is 13.4. The van der Waals surface area contributed by atoms with Crippen molar-refractivity contribution in [3.05, 3.63) is 63.7 Å². The maximum absolute atomic E-state index is 12.7. The molecule has 0 bridgehead atoms. The van der Waals surface area contributed by atoms with Crippen LogP contribution in [0.2, 0.25) is 0 Å². The van der Waals surface area contributed by atoms with Crippen LogP contribution < -0.4 is 0 Å². The molecule has 0 unspecified atom stereocenters. The summed E-state index contributed by atoms with van der Waals surface area (Å²) in [6.45, 7) is 3.93. The maximum Gasteiger partial charge on any atom is 0.270 e. The Balaban J connectivity index is 2.04. The average molecular weight is 326 g/mol. The Morgan fingerprint density at radius 3 is 2.54 bits per heavy atom. The summed E-state index contributed by atoms with van der Waals surface area (Å²) < 4.78 is 5.25. The molecule has 24 heavy (non-hydrogen) atoms. The Morgan fingerprint density at radius 2 is 1.88 bits per heavy atom. The molecule has 2 aromatic carbocycles. The summed E-state index contributed by atoms with van der Waals surface area (Å²) >= 11 is 0. The molecule has 0 saturated carbocycles. The molecule has 0 aliphatic carbocycles. The van der Waals surface area contributed by atoms with E-state index in [1.54, 1.807) is 11.0 Å². The summed E-state index contributed by atoms with van der Waals surface area (Å²) in [5.74, 6) is -0.197. The van der Waals surface area contributed by atoms with Gasteiger partial charge in [0, 0.05) is 30.8 Å². The van der Waals surface area contributed by atoms with Gasteiger partial charge in [-0.15, -0.1) is 0 Å². The van der Waals surface area contributed by atoms with Gasteiger partial charge in [-0.1, -0.05) is 24.3 Å². The minimum Gasteiger partial charge on any atom is -0.378 e. The molecule has 1 fully saturated rings. The van der Waals surface area contributed by atoms with Gasteiger partial charge in [0.25, 0.3) is 11.6 Å². The van der Waals surface area contributed by atoms with Crippen molar-refractivity contribution in [1.82, 2.24) is 4.90 Å². The smallest absolute Gasteiger partial charge is 0.270 e. The van der Waals surface area contributed by atoms with E-state index < -0.39 is 4.92 Å². The first-order valence-electron chi connectivity index (χ1n) is 7.79. The van der Waals surface area contributed by atoms with Crippen molar-refractivity contribution in [2.45, 2.75) is 6.92 Å². The number of morpholine rings is 1. The summed E-state index contributed by atoms with van der Waals surface area (Å²) in [4.78, 5) is 25.2. The molecule has 0 radical (unpaired) electrons. The number of hydrogen-bond acceptors (Lipinski definition) is 4. The monoisotopic (exact) mass is 326 g/mol. The summed E-state index contributed by atoms with van der Waals surface area (Å²) in [5, 5.41) is 11.3. The lowest BCUT2D eigenvalue weighted by Crippen LogP contribution is -2.40. The molecule has 6 heteroatoms. The van der Waals surface area contributed by atoms with Crippen LogP contribution in [0.4, 0.5) is 5.69 Å². The van der Waals surface area contributed by atoms with E-state index in [9.17, 15) is 14.9 Å². The maximum atomic E-state index is 12.7. The highest BCUT2D eigenvalue weighted by molar-refractivity contribution is 5.96. The predicted octanol–water partition coefficient (Wildman–Crippen LogP) is 3.04. The number of carbonyl (C=O) groups excluding carboxylic acids is 1. The van der Waals surface area contributed by atoms with Crippen molar-refractivity contribution in [2.24, 2.45) is 0 Å². The van der Waals surface area contributed by atoms with E-state index in [0.717, 1.165) is 11.1 Å². The number of benzene rings is 2. The Kier molecular flexibility index (Phi) is 4.57. The van der Waals surface area contributed by atoms with Gasteiger partial charge in [0.15, 0.2) is 0 Å². The van der Waals surface area contributed by atoms with Gasteiger partial charge in [0.2, 0.25) is 0 Å². The number of carbonyl (C=O) groups is 1. The molecule has 1 amide bonds. The van der Waals surface area contributed by atoms with Crippen molar-refractivity contribution in [3.63, 3.8) is 0 Å². The lowest BCUT2D eigenvalue weighted by atomic mass is 9.98. The van der Waals surface area contributed by atoms with Gasteiger partial charge in [0.1, 0.15) is 0 Å². The molecule has 0 spiro atoms. The molecule has 2 aromatic rings. The van der Waals surface area contributed by atoms with E-state index in [1.807, 2.05) is 31.2 Å². The van der Waals surface area contributed by atoms with Gasteiger partial charge in [0.05, 0.1) is 18.1 Å². The van der Waals surface area contributed by atoms with Gasteiger partial charge in [-0.3, -0.25) is 14.9 Å². The molecule has 1 saturated heterocycles. The van der Waals surface area contributed by atoms with Crippen LogP contribution in [0.5, 0.6) is 0 Å². The fraction of sp³-hybridized carbons (Fsp3) is 0.278. The van der Waals surface area contributed by atoms with Crippen LogP contribution in [0.15, 0.2) is 42.5 Å². The number of aryl methyl sites for hydroxylation is 1. The average Bonchev–Trinajstić information content (AvgIpc) is 2.61. The standard InChI is InChI=1S/C18H18N2O4/c1-13-4-2-3-5-17(13)14-10-15(12-16(11-14)20(22)23)18(21)19-6-8-24-9-7-19/h2-5,10-12H,6-9H2,1H3. The van der Waals surface area contributed by atoms with Crippen LogP contribution in [0.1, 0.15) is 15.9 Å². The fourth-order valence-electron chi connectivity index (χ4n) is 2.84. The lowest BCUT2D eigenvalue weighted by molar-refractivity contribution is -0.384. The number of nitro groups is 1. The van der Waals surface area contributed by atoms with Crippen molar-refractivity contribution in [2.75, 3.05) is 26.3 Å². The second kappa shape index (κ2) is 6.80. The number of nitro benzene ring substituents is 1. The van der Waals surface area contributed by atoms with Crippen LogP contribution in [-0.4, -0.2) is 42.0 Å². The quantitative estimate of drug-likeness (QED) is 0.642. The number of ether oxygens (including phenoxy) is 1. The number of hydrogen-bond donors (Lipinski definition) is 0. The van der Waals surface area contributed by atoms with Crippen LogP contribution in [0, 0.1) is 17.0 Å². The van der Waals surface area contributed by atoms with Crippen molar-refractivity contribution >= 4 is 11.6 Å². The molecule has 0 N–H and O–H groups in total. The molecule has 0 atom stereocenters. The topological polar surface area (TPSA) is 72.7 Å². The molecule has 3 rings (SSSR count). The van der Waals surface area contributed by atoms with Crippen molar-refractivity contribution in [3.8, 4) is 11.1 Å². The Bertz CT molecular complexity index is 782. The minimum atomic E-state index is -0.460. The summed E-state index contributed by atoms with van der Waals surface area (Å²) in [7, 11) is 0. The van der Waals surface area contributed by atoms with E-state index in [-0.39, 0.29) is 11.6 Å². The van der Waals surface area contributed by atoms with Crippen LogP contribution >= 0.6 is 0 Å². The van der Waals surface area contributed by atoms with E-state index in [0.29, 0.717) is 37.4 Å². The number of nitrogens with zero attached hydrogens (tertiary/aromatic N) is 2. The highest BCUT2D eigenvalue weighted by Crippen LogP contribution is 2.29. The molecule has 124 valence electrons. The van der Waals surface area contributed by atoms with Crippen molar-refractivity contribution < 1.29 is 14.5 Å². The first-order valence-corrected chi connectivity index (χ1v) is 7.79. The Hall–Kier alpha value is -2.73. The normalized spacial score (nSPS) is 14.5. The Morgan fingerprint density at radius 1 is 1.17 bits per heavy atom. The molecule has 1 aliphatic rings. The van der Waals surface area contributed by atoms with Crippen LogP contribution in [0.25, 0.3) is 11.1 Å². The van der Waals surface area contributed by atoms with Gasteiger partial charge in [-0.2, -0.15) is 0 Å². The van der Waals surface area contributed by atoms with E-state index >= 15 is 0 Å². The number of non-ortho nitro benzene ring substituents is 1. The SMILES string of the molecule is Cc1ccccc1-c1cc(C(=O)N2CCOCC2)cc([N+](=O)[O-])c1. The minimum absolute atomic E-state index is 0.0765. The second-order valence-electron chi connectivity index (χ2n) is 5.75. The van der Waals surface area contributed by atoms with Gasteiger partial charge < -0.3 is 9.64 Å². The van der Waals surface area contributed by atoms with Crippen LogP contribution in [0.3, 0.4) is 0 Å². The third-order valence-electron chi connectivity index (χ3n) is 4.13. The zero-order chi connectivity index (χ0) is 17.1. The van der Waals surface area contributed by atoms with E-state index in [1.165, 1.54) is 12.1 Å². The molecule has 0 aromatic heterocycles. The van der Waals surface area contributed by atoms with Gasteiger partial charge in [-0.25, -0.2) is 0 Å². The predicted molar refractivity (Wildman–Crippen MR) is 90.0 cm³/mol. The van der Waals surface area contributed by atoms with E-state index in [2.05, 4.69) is 0 Å². The molecule has 6 nitrogen and oxygen atoms in total. The second-order valence-corrected chi connectivity index (χ2v) is 5.75. The first-order chi connectivity index (χ1) is 11.6. The van der Waals surface area contributed by atoms with Crippen LogP contribution in [-0.2, 0) is 4.74 Å². The lowest BCUT2D eigenvalue weighted by Gasteiger charge is -2.27. The third-order valence-corrected chi connectivity index (χ3v) is 4.13. The molecular weight excluding hydrogens is 308 g/mol. The number of rotatable bonds is 3. The Labute approximate surface area is 139 Å². The molecule has 1 heterocycles. The van der Waals surface area contributed by atoms with Crippen molar-refractivity contribution in [1.29, 1.82) is 0 Å².